The maximum Gasteiger partial charge on any atom is 0.310 e. The van der Waals surface area contributed by atoms with Gasteiger partial charge in [0, 0.05) is 46.0 Å². The van der Waals surface area contributed by atoms with Gasteiger partial charge in [0.1, 0.15) is 5.82 Å². The Kier molecular flexibility index (Phi) is 9.82. The number of halogens is 1. The Labute approximate surface area is 179 Å². The summed E-state index contributed by atoms with van der Waals surface area (Å²) in [4.78, 5) is 25.1. The van der Waals surface area contributed by atoms with E-state index >= 15 is 0 Å². The molecule has 1 aromatic heterocycles. The molecule has 0 saturated carbocycles. The largest absolute Gasteiger partial charge is 0.469 e. The summed E-state index contributed by atoms with van der Waals surface area (Å²) in [6.07, 6.45) is 1.90. The standard InChI is InChI=1S/C19H31N5O2.HI/c1-6-23(7-2)17-9-8-15(10-21-17)11-22-19(20-4)24-12-14(3)16(13-24)18(25)26-5;/h8-10,14,16H,6-7,11-13H2,1-5H3,(H,20,22);1H. The average Bonchev–Trinajstić information content (AvgIpc) is 3.05. The highest BCUT2D eigenvalue weighted by Crippen LogP contribution is 2.24. The van der Waals surface area contributed by atoms with Crippen LogP contribution in [0, 0.1) is 11.8 Å². The SMILES string of the molecule is CCN(CC)c1ccc(CNC(=NC)N2CC(C)C(C(=O)OC)C2)cn1.I. The summed E-state index contributed by atoms with van der Waals surface area (Å²) >= 11 is 0. The van der Waals surface area contributed by atoms with Gasteiger partial charge in [0.15, 0.2) is 5.96 Å². The first-order valence-corrected chi connectivity index (χ1v) is 9.27. The second kappa shape index (κ2) is 11.3. The molecule has 1 fully saturated rings. The number of carbonyl (C=O) groups excluding carboxylic acids is 1. The molecule has 0 aliphatic carbocycles. The molecule has 1 N–H and O–H groups in total. The van der Waals surface area contributed by atoms with Crippen molar-refractivity contribution in [2.45, 2.75) is 27.3 Å². The molecule has 7 nitrogen and oxygen atoms in total. The third-order valence-electron chi connectivity index (χ3n) is 4.97. The van der Waals surface area contributed by atoms with Gasteiger partial charge >= 0.3 is 5.97 Å². The van der Waals surface area contributed by atoms with Gasteiger partial charge in [0.25, 0.3) is 0 Å². The molecule has 1 saturated heterocycles. The predicted molar refractivity (Wildman–Crippen MR) is 120 cm³/mol. The van der Waals surface area contributed by atoms with Crippen LogP contribution in [0.15, 0.2) is 23.3 Å². The summed E-state index contributed by atoms with van der Waals surface area (Å²) in [5, 5.41) is 3.37. The lowest BCUT2D eigenvalue weighted by Gasteiger charge is -2.22. The predicted octanol–water partition coefficient (Wildman–Crippen LogP) is 2.36. The van der Waals surface area contributed by atoms with Crippen molar-refractivity contribution >= 4 is 41.7 Å². The quantitative estimate of drug-likeness (QED) is 0.287. The molecule has 1 aliphatic heterocycles. The van der Waals surface area contributed by atoms with Crippen molar-refractivity contribution in [3.8, 4) is 0 Å². The number of carbonyl (C=O) groups is 1. The van der Waals surface area contributed by atoms with E-state index in [1.165, 1.54) is 7.11 Å². The summed E-state index contributed by atoms with van der Waals surface area (Å²) in [5.74, 6) is 1.80. The molecule has 2 heterocycles. The minimum absolute atomic E-state index is 0. The van der Waals surface area contributed by atoms with Crippen LogP contribution in [0.4, 0.5) is 5.82 Å². The van der Waals surface area contributed by atoms with Crippen LogP contribution in [-0.2, 0) is 16.1 Å². The molecule has 0 radical (unpaired) electrons. The van der Waals surface area contributed by atoms with Gasteiger partial charge in [-0.3, -0.25) is 9.79 Å². The van der Waals surface area contributed by atoms with Crippen LogP contribution in [0.3, 0.4) is 0 Å². The van der Waals surface area contributed by atoms with Crippen molar-refractivity contribution in [2.24, 2.45) is 16.8 Å². The van der Waals surface area contributed by atoms with Crippen molar-refractivity contribution in [3.63, 3.8) is 0 Å². The Morgan fingerprint density at radius 3 is 2.59 bits per heavy atom. The minimum Gasteiger partial charge on any atom is -0.469 e. The van der Waals surface area contributed by atoms with Gasteiger partial charge in [-0.25, -0.2) is 4.98 Å². The number of ether oxygens (including phenoxy) is 1. The smallest absolute Gasteiger partial charge is 0.310 e. The van der Waals surface area contributed by atoms with Gasteiger partial charge in [-0.1, -0.05) is 13.0 Å². The van der Waals surface area contributed by atoms with Crippen LogP contribution in [0.2, 0.25) is 0 Å². The van der Waals surface area contributed by atoms with E-state index in [2.05, 4.69) is 58.0 Å². The fourth-order valence-corrected chi connectivity index (χ4v) is 3.37. The molecule has 1 aromatic rings. The Hall–Kier alpha value is -1.58. The molecular weight excluding hydrogens is 457 g/mol. The van der Waals surface area contributed by atoms with Crippen molar-refractivity contribution < 1.29 is 9.53 Å². The Bertz CT molecular complexity index is 619. The van der Waals surface area contributed by atoms with E-state index in [4.69, 9.17) is 4.74 Å². The molecule has 0 bridgehead atoms. The Morgan fingerprint density at radius 2 is 2.07 bits per heavy atom. The van der Waals surface area contributed by atoms with Crippen LogP contribution in [0.25, 0.3) is 0 Å². The highest BCUT2D eigenvalue weighted by atomic mass is 127. The molecule has 0 aromatic carbocycles. The number of pyridine rings is 1. The monoisotopic (exact) mass is 489 g/mol. The first-order chi connectivity index (χ1) is 12.5. The molecule has 2 rings (SSSR count). The highest BCUT2D eigenvalue weighted by Gasteiger charge is 2.36. The summed E-state index contributed by atoms with van der Waals surface area (Å²) < 4.78 is 4.91. The van der Waals surface area contributed by atoms with E-state index in [0.29, 0.717) is 13.1 Å². The van der Waals surface area contributed by atoms with Crippen LogP contribution in [0.1, 0.15) is 26.3 Å². The van der Waals surface area contributed by atoms with Gasteiger partial charge in [0.05, 0.1) is 13.0 Å². The number of likely N-dealkylation sites (tertiary alicyclic amines) is 1. The van der Waals surface area contributed by atoms with Crippen LogP contribution < -0.4 is 10.2 Å². The fourth-order valence-electron chi connectivity index (χ4n) is 3.37. The van der Waals surface area contributed by atoms with E-state index in [1.54, 1.807) is 7.05 Å². The first-order valence-electron chi connectivity index (χ1n) is 9.27. The average molecular weight is 489 g/mol. The van der Waals surface area contributed by atoms with Crippen molar-refractivity contribution in [1.82, 2.24) is 15.2 Å². The zero-order valence-electron chi connectivity index (χ0n) is 16.9. The van der Waals surface area contributed by atoms with Gasteiger partial charge in [-0.15, -0.1) is 24.0 Å². The summed E-state index contributed by atoms with van der Waals surface area (Å²) in [6.45, 7) is 10.3. The molecule has 27 heavy (non-hydrogen) atoms. The van der Waals surface area contributed by atoms with Gasteiger partial charge < -0.3 is 19.9 Å². The van der Waals surface area contributed by atoms with Gasteiger partial charge in [0.2, 0.25) is 0 Å². The number of guanidine groups is 1. The van der Waals surface area contributed by atoms with E-state index in [0.717, 1.165) is 37.0 Å². The van der Waals surface area contributed by atoms with Crippen LogP contribution >= 0.6 is 24.0 Å². The van der Waals surface area contributed by atoms with E-state index in [1.807, 2.05) is 6.20 Å². The van der Waals surface area contributed by atoms with E-state index < -0.39 is 0 Å². The van der Waals surface area contributed by atoms with Crippen molar-refractivity contribution in [2.75, 3.05) is 45.2 Å². The normalized spacial score (nSPS) is 19.4. The molecule has 0 amide bonds. The number of methoxy groups -OCH3 is 1. The summed E-state index contributed by atoms with van der Waals surface area (Å²) in [6, 6.07) is 4.14. The van der Waals surface area contributed by atoms with Gasteiger partial charge in [-0.05, 0) is 31.4 Å². The topological polar surface area (TPSA) is 70.1 Å². The third kappa shape index (κ3) is 5.95. The summed E-state index contributed by atoms with van der Waals surface area (Å²) in [5.41, 5.74) is 1.10. The molecule has 152 valence electrons. The number of nitrogens with one attached hydrogen (secondary N) is 1. The lowest BCUT2D eigenvalue weighted by atomic mass is 9.99. The van der Waals surface area contributed by atoms with Crippen molar-refractivity contribution in [1.29, 1.82) is 0 Å². The highest BCUT2D eigenvalue weighted by molar-refractivity contribution is 14.0. The second-order valence-electron chi connectivity index (χ2n) is 6.61. The van der Waals surface area contributed by atoms with E-state index in [-0.39, 0.29) is 41.8 Å². The van der Waals surface area contributed by atoms with E-state index in [9.17, 15) is 4.79 Å². The zero-order chi connectivity index (χ0) is 19.1. The van der Waals surface area contributed by atoms with Crippen LogP contribution in [-0.4, -0.2) is 62.1 Å². The minimum atomic E-state index is -0.147. The number of anilines is 1. The molecular formula is C19H32IN5O2. The number of aliphatic imine (C=N–C) groups is 1. The number of rotatable bonds is 6. The second-order valence-corrected chi connectivity index (χ2v) is 6.61. The number of esters is 1. The lowest BCUT2D eigenvalue weighted by molar-refractivity contribution is -0.145. The Morgan fingerprint density at radius 1 is 1.37 bits per heavy atom. The van der Waals surface area contributed by atoms with Crippen LogP contribution in [0.5, 0.6) is 0 Å². The molecule has 1 aliphatic rings. The Balaban J connectivity index is 0.00000364. The summed E-state index contributed by atoms with van der Waals surface area (Å²) in [7, 11) is 3.21. The molecule has 8 heteroatoms. The van der Waals surface area contributed by atoms with Crippen molar-refractivity contribution in [3.05, 3.63) is 23.9 Å². The number of hydrogen-bond acceptors (Lipinski definition) is 5. The number of hydrogen-bond donors (Lipinski definition) is 1. The first kappa shape index (κ1) is 23.5. The molecule has 0 spiro atoms. The number of aromatic nitrogens is 1. The fraction of sp³-hybridized carbons (Fsp3) is 0.632. The molecule has 2 unspecified atom stereocenters. The maximum atomic E-state index is 11.9. The maximum absolute atomic E-state index is 11.9. The molecule has 2 atom stereocenters. The third-order valence-corrected chi connectivity index (χ3v) is 4.97. The lowest BCUT2D eigenvalue weighted by Crippen LogP contribution is -2.40. The van der Waals surface area contributed by atoms with Gasteiger partial charge in [-0.2, -0.15) is 0 Å². The zero-order valence-corrected chi connectivity index (χ0v) is 19.3. The number of nitrogens with zero attached hydrogens (tertiary/aromatic N) is 4.